The molecule has 0 aliphatic heterocycles. The molecule has 0 unspecified atom stereocenters. The minimum atomic E-state index is -0.551. The highest BCUT2D eigenvalue weighted by Crippen LogP contribution is 2.23. The van der Waals surface area contributed by atoms with Crippen molar-refractivity contribution >= 4 is 17.7 Å². The number of carbonyl (C=O) groups is 2. The van der Waals surface area contributed by atoms with Crippen molar-refractivity contribution in [2.75, 3.05) is 26.0 Å². The van der Waals surface area contributed by atoms with E-state index < -0.39 is 17.7 Å². The number of rotatable bonds is 5. The van der Waals surface area contributed by atoms with Crippen LogP contribution in [0.4, 0.5) is 10.5 Å². The van der Waals surface area contributed by atoms with Crippen LogP contribution in [-0.4, -0.2) is 37.9 Å². The molecule has 1 amide bonds. The molecule has 3 N–H and O–H groups in total. The lowest BCUT2D eigenvalue weighted by atomic mass is 10.2. The number of esters is 1. The summed E-state index contributed by atoms with van der Waals surface area (Å²) in [5.41, 5.74) is 5.95. The zero-order valence-corrected chi connectivity index (χ0v) is 13.3. The van der Waals surface area contributed by atoms with Crippen molar-refractivity contribution in [3.63, 3.8) is 0 Å². The van der Waals surface area contributed by atoms with Gasteiger partial charge in [-0.2, -0.15) is 0 Å². The van der Waals surface area contributed by atoms with E-state index in [1.54, 1.807) is 32.9 Å². The molecule has 0 saturated carbocycles. The summed E-state index contributed by atoms with van der Waals surface area (Å²) < 4.78 is 15.2. The molecule has 1 rings (SSSR count). The topological polar surface area (TPSA) is 99.9 Å². The van der Waals surface area contributed by atoms with Gasteiger partial charge in [0.2, 0.25) is 0 Å². The molecule has 0 atom stereocenters. The van der Waals surface area contributed by atoms with Gasteiger partial charge < -0.3 is 25.3 Å². The summed E-state index contributed by atoms with van der Waals surface area (Å²) in [5, 5.41) is 2.56. The van der Waals surface area contributed by atoms with Gasteiger partial charge in [0.1, 0.15) is 18.0 Å². The van der Waals surface area contributed by atoms with E-state index in [0.29, 0.717) is 17.0 Å². The van der Waals surface area contributed by atoms with Gasteiger partial charge in [0.25, 0.3) is 0 Å². The Kier molecular flexibility index (Phi) is 6.03. The Morgan fingerprint density at radius 3 is 2.55 bits per heavy atom. The lowest BCUT2D eigenvalue weighted by Crippen LogP contribution is -2.34. The molecule has 0 aliphatic rings. The number of nitrogen functional groups attached to an aromatic ring is 1. The van der Waals surface area contributed by atoms with Gasteiger partial charge in [0.15, 0.2) is 0 Å². The smallest absolute Gasteiger partial charge is 0.407 e. The SMILES string of the molecule is COC(=O)c1ccc(N)c(OCCNC(=O)OC(C)(C)C)c1. The van der Waals surface area contributed by atoms with Crippen LogP contribution in [0.5, 0.6) is 5.75 Å². The second-order valence-corrected chi connectivity index (χ2v) is 5.52. The van der Waals surface area contributed by atoms with Crippen LogP contribution in [0.15, 0.2) is 18.2 Å². The highest BCUT2D eigenvalue weighted by molar-refractivity contribution is 5.90. The maximum Gasteiger partial charge on any atom is 0.407 e. The molecule has 22 heavy (non-hydrogen) atoms. The Labute approximate surface area is 129 Å². The molecule has 0 heterocycles. The standard InChI is InChI=1S/C15H22N2O5/c1-15(2,3)22-14(19)17-7-8-21-12-9-10(13(18)20-4)5-6-11(12)16/h5-6,9H,7-8,16H2,1-4H3,(H,17,19). The summed E-state index contributed by atoms with van der Waals surface area (Å²) in [6.07, 6.45) is -0.521. The molecular formula is C15H22N2O5. The zero-order chi connectivity index (χ0) is 16.8. The molecule has 0 spiro atoms. The molecule has 0 bridgehead atoms. The first-order valence-electron chi connectivity index (χ1n) is 6.80. The van der Waals surface area contributed by atoms with Crippen LogP contribution >= 0.6 is 0 Å². The molecule has 0 radical (unpaired) electrons. The number of nitrogens with one attached hydrogen (secondary N) is 1. The monoisotopic (exact) mass is 310 g/mol. The number of methoxy groups -OCH3 is 1. The number of amides is 1. The molecule has 1 aromatic rings. The van der Waals surface area contributed by atoms with Crippen LogP contribution in [0.2, 0.25) is 0 Å². The maximum absolute atomic E-state index is 11.4. The lowest BCUT2D eigenvalue weighted by molar-refractivity contribution is 0.0519. The van der Waals surface area contributed by atoms with Gasteiger partial charge >= 0.3 is 12.1 Å². The minimum Gasteiger partial charge on any atom is -0.490 e. The predicted molar refractivity (Wildman–Crippen MR) is 81.9 cm³/mol. The third-order valence-electron chi connectivity index (χ3n) is 2.46. The summed E-state index contributed by atoms with van der Waals surface area (Å²) >= 11 is 0. The van der Waals surface area contributed by atoms with Gasteiger partial charge in [-0.1, -0.05) is 0 Å². The first-order chi connectivity index (χ1) is 10.2. The number of benzene rings is 1. The molecule has 0 saturated heterocycles. The van der Waals surface area contributed by atoms with Crippen LogP contribution < -0.4 is 15.8 Å². The van der Waals surface area contributed by atoms with Gasteiger partial charge in [-0.25, -0.2) is 9.59 Å². The van der Waals surface area contributed by atoms with E-state index in [4.69, 9.17) is 15.2 Å². The molecule has 7 nitrogen and oxygen atoms in total. The van der Waals surface area contributed by atoms with Gasteiger partial charge in [-0.3, -0.25) is 0 Å². The Balaban J connectivity index is 2.48. The highest BCUT2D eigenvalue weighted by atomic mass is 16.6. The molecule has 1 aromatic carbocycles. The van der Waals surface area contributed by atoms with Crippen molar-refractivity contribution < 1.29 is 23.8 Å². The molecule has 0 fully saturated rings. The van der Waals surface area contributed by atoms with Crippen molar-refractivity contribution in [2.24, 2.45) is 0 Å². The third-order valence-corrected chi connectivity index (χ3v) is 2.46. The van der Waals surface area contributed by atoms with E-state index in [-0.39, 0.29) is 13.2 Å². The average molecular weight is 310 g/mol. The first-order valence-corrected chi connectivity index (χ1v) is 6.80. The van der Waals surface area contributed by atoms with E-state index in [1.165, 1.54) is 13.2 Å². The fraction of sp³-hybridized carbons (Fsp3) is 0.467. The predicted octanol–water partition coefficient (Wildman–Crippen LogP) is 1.96. The van der Waals surface area contributed by atoms with Crippen molar-refractivity contribution in [3.8, 4) is 5.75 Å². The summed E-state index contributed by atoms with van der Waals surface area (Å²) in [6.45, 7) is 5.77. The second-order valence-electron chi connectivity index (χ2n) is 5.52. The van der Waals surface area contributed by atoms with Crippen LogP contribution in [-0.2, 0) is 9.47 Å². The molecule has 0 aliphatic carbocycles. The van der Waals surface area contributed by atoms with Gasteiger partial charge in [0.05, 0.1) is 24.9 Å². The Bertz CT molecular complexity index is 537. The molecule has 0 aromatic heterocycles. The number of carbonyl (C=O) groups excluding carboxylic acids is 2. The largest absolute Gasteiger partial charge is 0.490 e. The van der Waals surface area contributed by atoms with Gasteiger partial charge in [-0.15, -0.1) is 0 Å². The summed E-state index contributed by atoms with van der Waals surface area (Å²) in [4.78, 5) is 22.9. The quantitative estimate of drug-likeness (QED) is 0.490. The molecular weight excluding hydrogens is 288 g/mol. The summed E-state index contributed by atoms with van der Waals surface area (Å²) in [6, 6.07) is 4.60. The number of ether oxygens (including phenoxy) is 3. The lowest BCUT2D eigenvalue weighted by Gasteiger charge is -2.19. The van der Waals surface area contributed by atoms with Gasteiger partial charge in [-0.05, 0) is 39.0 Å². The normalized spacial score (nSPS) is 10.7. The van der Waals surface area contributed by atoms with Crippen molar-refractivity contribution in [3.05, 3.63) is 23.8 Å². The van der Waals surface area contributed by atoms with Crippen molar-refractivity contribution in [2.45, 2.75) is 26.4 Å². The van der Waals surface area contributed by atoms with Crippen molar-refractivity contribution in [1.29, 1.82) is 0 Å². The van der Waals surface area contributed by atoms with Crippen LogP contribution in [0.3, 0.4) is 0 Å². The van der Waals surface area contributed by atoms with E-state index in [0.717, 1.165) is 0 Å². The number of nitrogens with two attached hydrogens (primary N) is 1. The van der Waals surface area contributed by atoms with Crippen LogP contribution in [0.25, 0.3) is 0 Å². The fourth-order valence-corrected chi connectivity index (χ4v) is 1.53. The second kappa shape index (κ2) is 7.53. The Morgan fingerprint density at radius 2 is 1.95 bits per heavy atom. The Morgan fingerprint density at radius 1 is 1.27 bits per heavy atom. The number of hydrogen-bond donors (Lipinski definition) is 2. The van der Waals surface area contributed by atoms with E-state index in [9.17, 15) is 9.59 Å². The fourth-order valence-electron chi connectivity index (χ4n) is 1.53. The molecule has 122 valence electrons. The Hall–Kier alpha value is -2.44. The first kappa shape index (κ1) is 17.6. The van der Waals surface area contributed by atoms with Crippen LogP contribution in [0.1, 0.15) is 31.1 Å². The summed E-state index contributed by atoms with van der Waals surface area (Å²) in [7, 11) is 1.30. The minimum absolute atomic E-state index is 0.189. The maximum atomic E-state index is 11.4. The van der Waals surface area contributed by atoms with E-state index >= 15 is 0 Å². The van der Waals surface area contributed by atoms with E-state index in [2.05, 4.69) is 10.1 Å². The van der Waals surface area contributed by atoms with Crippen LogP contribution in [0, 0.1) is 0 Å². The zero-order valence-electron chi connectivity index (χ0n) is 13.3. The van der Waals surface area contributed by atoms with E-state index in [1.807, 2.05) is 0 Å². The van der Waals surface area contributed by atoms with Gasteiger partial charge in [0, 0.05) is 0 Å². The highest BCUT2D eigenvalue weighted by Gasteiger charge is 2.15. The number of anilines is 1. The number of alkyl carbamates (subject to hydrolysis) is 1. The third kappa shape index (κ3) is 5.90. The summed E-state index contributed by atoms with van der Waals surface area (Å²) in [5.74, 6) is -0.120. The number of hydrogen-bond acceptors (Lipinski definition) is 6. The molecule has 7 heteroatoms. The average Bonchev–Trinajstić information content (AvgIpc) is 2.42. The van der Waals surface area contributed by atoms with Crippen molar-refractivity contribution in [1.82, 2.24) is 5.32 Å².